The molecule has 0 atom stereocenters. The zero-order valence-electron chi connectivity index (χ0n) is 12.6. The number of hydrogen-bond acceptors (Lipinski definition) is 3. The van der Waals surface area contributed by atoms with Crippen molar-refractivity contribution in [2.24, 2.45) is 0 Å². The Labute approximate surface area is 131 Å². The predicted octanol–water partition coefficient (Wildman–Crippen LogP) is 4.71. The first-order valence-corrected chi connectivity index (χ1v) is 6.93. The minimum atomic E-state index is -4.64. The summed E-state index contributed by atoms with van der Waals surface area (Å²) in [7, 11) is 0. The van der Waals surface area contributed by atoms with Crippen LogP contribution < -0.4 is 9.47 Å². The lowest BCUT2D eigenvalue weighted by atomic mass is 10.1. The van der Waals surface area contributed by atoms with Crippen LogP contribution in [0.4, 0.5) is 13.2 Å². The third kappa shape index (κ3) is 4.25. The number of alkyl halides is 3. The summed E-state index contributed by atoms with van der Waals surface area (Å²) >= 11 is 0. The first-order valence-electron chi connectivity index (χ1n) is 6.93. The third-order valence-corrected chi connectivity index (χ3v) is 2.87. The summed E-state index contributed by atoms with van der Waals surface area (Å²) in [5, 5.41) is 0. The number of esters is 1. The minimum Gasteiger partial charge on any atom is -0.487 e. The van der Waals surface area contributed by atoms with Crippen molar-refractivity contribution in [3.05, 3.63) is 59.7 Å². The van der Waals surface area contributed by atoms with Gasteiger partial charge in [0.15, 0.2) is 11.5 Å². The van der Waals surface area contributed by atoms with Crippen molar-refractivity contribution in [1.29, 1.82) is 0 Å². The first kappa shape index (κ1) is 16.9. The molecule has 2 aromatic rings. The fourth-order valence-electron chi connectivity index (χ4n) is 1.95. The van der Waals surface area contributed by atoms with E-state index in [9.17, 15) is 18.0 Å². The Morgan fingerprint density at radius 1 is 0.957 bits per heavy atom. The molecular formula is C17H15F3O3. The molecule has 0 aliphatic heterocycles. The van der Waals surface area contributed by atoms with Crippen molar-refractivity contribution in [2.45, 2.75) is 26.1 Å². The van der Waals surface area contributed by atoms with Gasteiger partial charge in [0.05, 0.1) is 17.2 Å². The number of para-hydroxylation sites is 2. The van der Waals surface area contributed by atoms with Gasteiger partial charge in [-0.2, -0.15) is 13.2 Å². The van der Waals surface area contributed by atoms with Gasteiger partial charge in [-0.05, 0) is 38.1 Å². The van der Waals surface area contributed by atoms with Gasteiger partial charge in [0.25, 0.3) is 0 Å². The summed E-state index contributed by atoms with van der Waals surface area (Å²) in [5.41, 5.74) is -1.58. The predicted molar refractivity (Wildman–Crippen MR) is 78.6 cm³/mol. The number of carbonyl (C=O) groups is 1. The zero-order chi connectivity index (χ0) is 17.0. The van der Waals surface area contributed by atoms with Gasteiger partial charge in [-0.25, -0.2) is 4.79 Å². The minimum absolute atomic E-state index is 0.0724. The molecule has 0 aliphatic carbocycles. The molecule has 122 valence electrons. The summed E-state index contributed by atoms with van der Waals surface area (Å²) < 4.78 is 49.5. The average Bonchev–Trinajstić information content (AvgIpc) is 2.48. The van der Waals surface area contributed by atoms with E-state index in [2.05, 4.69) is 0 Å². The molecule has 6 heteroatoms. The Kier molecular flexibility index (Phi) is 4.93. The van der Waals surface area contributed by atoms with Crippen molar-refractivity contribution in [3.8, 4) is 11.5 Å². The van der Waals surface area contributed by atoms with Crippen LogP contribution in [0.1, 0.15) is 29.8 Å². The van der Waals surface area contributed by atoms with Crippen molar-refractivity contribution >= 4 is 5.97 Å². The monoisotopic (exact) mass is 324 g/mol. The Morgan fingerprint density at radius 2 is 1.52 bits per heavy atom. The van der Waals surface area contributed by atoms with Gasteiger partial charge in [0.1, 0.15) is 0 Å². The molecule has 0 amide bonds. The SMILES string of the molecule is CC(C)Oc1ccccc1OC(=O)c1ccccc1C(F)(F)F. The third-order valence-electron chi connectivity index (χ3n) is 2.87. The van der Waals surface area contributed by atoms with Crippen molar-refractivity contribution in [2.75, 3.05) is 0 Å². The lowest BCUT2D eigenvalue weighted by Gasteiger charge is -2.15. The van der Waals surface area contributed by atoms with E-state index < -0.39 is 23.3 Å². The summed E-state index contributed by atoms with van der Waals surface area (Å²) in [6.45, 7) is 3.58. The van der Waals surface area contributed by atoms with E-state index in [0.29, 0.717) is 5.75 Å². The van der Waals surface area contributed by atoms with E-state index in [-0.39, 0.29) is 11.9 Å². The van der Waals surface area contributed by atoms with Crippen LogP contribution in [-0.4, -0.2) is 12.1 Å². The number of halogens is 3. The highest BCUT2D eigenvalue weighted by molar-refractivity contribution is 5.93. The Hall–Kier alpha value is -2.50. The molecule has 0 unspecified atom stereocenters. The van der Waals surface area contributed by atoms with Gasteiger partial charge in [-0.3, -0.25) is 0 Å². The molecule has 0 aromatic heterocycles. The second-order valence-corrected chi connectivity index (χ2v) is 5.05. The molecule has 23 heavy (non-hydrogen) atoms. The number of rotatable bonds is 4. The number of hydrogen-bond donors (Lipinski definition) is 0. The van der Waals surface area contributed by atoms with Crippen molar-refractivity contribution in [3.63, 3.8) is 0 Å². The largest absolute Gasteiger partial charge is 0.487 e. The number of ether oxygens (including phenoxy) is 2. The molecule has 0 saturated carbocycles. The zero-order valence-corrected chi connectivity index (χ0v) is 12.6. The Balaban J connectivity index is 2.31. The van der Waals surface area contributed by atoms with Gasteiger partial charge in [0, 0.05) is 0 Å². The van der Waals surface area contributed by atoms with Crippen molar-refractivity contribution < 1.29 is 27.4 Å². The van der Waals surface area contributed by atoms with Gasteiger partial charge in [0.2, 0.25) is 0 Å². The van der Waals surface area contributed by atoms with E-state index in [1.807, 2.05) is 0 Å². The lowest BCUT2D eigenvalue weighted by molar-refractivity contribution is -0.138. The van der Waals surface area contributed by atoms with Crippen LogP contribution in [-0.2, 0) is 6.18 Å². The second-order valence-electron chi connectivity index (χ2n) is 5.05. The van der Waals surface area contributed by atoms with E-state index in [1.165, 1.54) is 18.2 Å². The summed E-state index contributed by atoms with van der Waals surface area (Å²) in [6.07, 6.45) is -4.80. The van der Waals surface area contributed by atoms with Crippen LogP contribution in [0.2, 0.25) is 0 Å². The fourth-order valence-corrected chi connectivity index (χ4v) is 1.95. The molecule has 0 N–H and O–H groups in total. The highest BCUT2D eigenvalue weighted by Gasteiger charge is 2.35. The van der Waals surface area contributed by atoms with Crippen LogP contribution in [0.15, 0.2) is 48.5 Å². The maximum Gasteiger partial charge on any atom is 0.417 e. The highest BCUT2D eigenvalue weighted by atomic mass is 19.4. The van der Waals surface area contributed by atoms with Gasteiger partial charge >= 0.3 is 12.1 Å². The van der Waals surface area contributed by atoms with Crippen LogP contribution in [0.25, 0.3) is 0 Å². The Morgan fingerprint density at radius 3 is 2.13 bits per heavy atom. The second kappa shape index (κ2) is 6.73. The molecule has 0 aliphatic rings. The summed E-state index contributed by atoms with van der Waals surface area (Å²) in [6, 6.07) is 10.8. The van der Waals surface area contributed by atoms with E-state index in [0.717, 1.165) is 12.1 Å². The Bertz CT molecular complexity index is 693. The molecule has 2 rings (SSSR count). The van der Waals surface area contributed by atoms with Gasteiger partial charge in [-0.15, -0.1) is 0 Å². The highest BCUT2D eigenvalue weighted by Crippen LogP contribution is 2.33. The first-order chi connectivity index (χ1) is 10.8. The van der Waals surface area contributed by atoms with E-state index >= 15 is 0 Å². The summed E-state index contributed by atoms with van der Waals surface area (Å²) in [5.74, 6) is -0.721. The van der Waals surface area contributed by atoms with Gasteiger partial charge in [-0.1, -0.05) is 24.3 Å². The topological polar surface area (TPSA) is 35.5 Å². The maximum absolute atomic E-state index is 13.0. The molecule has 2 aromatic carbocycles. The molecule has 0 fully saturated rings. The normalized spacial score (nSPS) is 11.4. The molecular weight excluding hydrogens is 309 g/mol. The average molecular weight is 324 g/mol. The smallest absolute Gasteiger partial charge is 0.417 e. The van der Waals surface area contributed by atoms with Crippen LogP contribution in [0.3, 0.4) is 0 Å². The van der Waals surface area contributed by atoms with Crippen LogP contribution in [0, 0.1) is 0 Å². The molecule has 0 saturated heterocycles. The van der Waals surface area contributed by atoms with E-state index in [4.69, 9.17) is 9.47 Å². The molecule has 0 heterocycles. The summed E-state index contributed by atoms with van der Waals surface area (Å²) in [4.78, 5) is 12.1. The lowest BCUT2D eigenvalue weighted by Crippen LogP contribution is -2.17. The van der Waals surface area contributed by atoms with Gasteiger partial charge < -0.3 is 9.47 Å². The number of benzene rings is 2. The number of carbonyl (C=O) groups excluding carboxylic acids is 1. The quantitative estimate of drug-likeness (QED) is 0.603. The van der Waals surface area contributed by atoms with E-state index in [1.54, 1.807) is 32.0 Å². The molecule has 0 spiro atoms. The maximum atomic E-state index is 13.0. The van der Waals surface area contributed by atoms with Crippen LogP contribution in [0.5, 0.6) is 11.5 Å². The molecule has 0 radical (unpaired) electrons. The fraction of sp³-hybridized carbons (Fsp3) is 0.235. The standard InChI is InChI=1S/C17H15F3O3/c1-11(2)22-14-9-5-6-10-15(14)23-16(21)12-7-3-4-8-13(12)17(18,19)20/h3-11H,1-2H3. The molecule has 0 bridgehead atoms. The van der Waals surface area contributed by atoms with Crippen LogP contribution >= 0.6 is 0 Å². The van der Waals surface area contributed by atoms with Crippen molar-refractivity contribution in [1.82, 2.24) is 0 Å². The molecule has 3 nitrogen and oxygen atoms in total.